The van der Waals surface area contributed by atoms with Crippen LogP contribution in [0.2, 0.25) is 0 Å². The van der Waals surface area contributed by atoms with E-state index in [1.807, 2.05) is 30.0 Å². The summed E-state index contributed by atoms with van der Waals surface area (Å²) in [5, 5.41) is 0. The number of carbonyl (C=O) groups excluding carboxylic acids is 1. The van der Waals surface area contributed by atoms with E-state index in [2.05, 4.69) is 35.9 Å². The molecule has 0 spiro atoms. The maximum absolute atomic E-state index is 13.0. The number of hydrogen-bond donors (Lipinski definition) is 0. The number of carbonyl (C=O) groups is 1. The van der Waals surface area contributed by atoms with Gasteiger partial charge in [-0.3, -0.25) is 4.79 Å². The topological polar surface area (TPSA) is 55.3 Å². The van der Waals surface area contributed by atoms with Crippen LogP contribution in [0.1, 0.15) is 59.7 Å². The van der Waals surface area contributed by atoms with E-state index in [4.69, 9.17) is 4.74 Å². The summed E-state index contributed by atoms with van der Waals surface area (Å²) in [6.07, 6.45) is 2.50. The Labute approximate surface area is 149 Å². The van der Waals surface area contributed by atoms with Crippen LogP contribution in [0.3, 0.4) is 0 Å². The van der Waals surface area contributed by atoms with E-state index in [1.165, 1.54) is 5.56 Å². The third-order valence-electron chi connectivity index (χ3n) is 4.52. The van der Waals surface area contributed by atoms with E-state index < -0.39 is 0 Å². The highest BCUT2D eigenvalue weighted by Crippen LogP contribution is 2.25. The van der Waals surface area contributed by atoms with Gasteiger partial charge in [-0.1, -0.05) is 44.2 Å². The first-order chi connectivity index (χ1) is 12.1. The monoisotopic (exact) mass is 339 g/mol. The summed E-state index contributed by atoms with van der Waals surface area (Å²) in [7, 11) is 0. The number of nitrogens with zero attached hydrogens (tertiary/aromatic N) is 3. The van der Waals surface area contributed by atoms with Crippen molar-refractivity contribution in [3.05, 3.63) is 59.2 Å². The predicted octanol–water partition coefficient (Wildman–Crippen LogP) is 3.51. The number of rotatable bonds is 3. The fraction of sp³-hybridized carbons (Fsp3) is 0.450. The van der Waals surface area contributed by atoms with Gasteiger partial charge < -0.3 is 9.64 Å². The predicted molar refractivity (Wildman–Crippen MR) is 96.5 cm³/mol. The molecule has 5 nitrogen and oxygen atoms in total. The molecular weight excluding hydrogens is 314 g/mol. The van der Waals surface area contributed by atoms with Crippen molar-refractivity contribution in [1.82, 2.24) is 14.9 Å². The molecule has 1 aromatic carbocycles. The van der Waals surface area contributed by atoms with Gasteiger partial charge in [0.1, 0.15) is 5.82 Å². The Morgan fingerprint density at radius 1 is 1.24 bits per heavy atom. The standard InChI is InChI=1S/C20H25N3O2/c1-14(2)19-17(13-21-15(3)22-19)20(24)23-10-9-18(25-12-11-23)16-7-5-4-6-8-16/h4-8,13-14,18H,9-12H2,1-3H3. The smallest absolute Gasteiger partial charge is 0.257 e. The Balaban J connectivity index is 1.76. The third-order valence-corrected chi connectivity index (χ3v) is 4.52. The average molecular weight is 339 g/mol. The van der Waals surface area contributed by atoms with Crippen molar-refractivity contribution in [2.45, 2.75) is 39.2 Å². The van der Waals surface area contributed by atoms with Crippen LogP contribution < -0.4 is 0 Å². The minimum atomic E-state index is 0.000937. The van der Waals surface area contributed by atoms with Crippen molar-refractivity contribution in [2.75, 3.05) is 19.7 Å². The lowest BCUT2D eigenvalue weighted by atomic mass is 10.0. The molecular formula is C20H25N3O2. The minimum absolute atomic E-state index is 0.000937. The zero-order valence-corrected chi connectivity index (χ0v) is 15.1. The lowest BCUT2D eigenvalue weighted by Crippen LogP contribution is -2.34. The molecule has 1 saturated heterocycles. The van der Waals surface area contributed by atoms with Gasteiger partial charge in [0.15, 0.2) is 0 Å². The number of benzene rings is 1. The van der Waals surface area contributed by atoms with Crippen LogP contribution >= 0.6 is 0 Å². The SMILES string of the molecule is Cc1ncc(C(=O)N2CCOC(c3ccccc3)CC2)c(C(C)C)n1. The second kappa shape index (κ2) is 7.74. The van der Waals surface area contributed by atoms with E-state index in [0.717, 1.165) is 12.1 Å². The second-order valence-corrected chi connectivity index (χ2v) is 6.72. The van der Waals surface area contributed by atoms with Crippen LogP contribution in [0, 0.1) is 6.92 Å². The molecule has 0 radical (unpaired) electrons. The summed E-state index contributed by atoms with van der Waals surface area (Å²) >= 11 is 0. The fourth-order valence-corrected chi connectivity index (χ4v) is 3.17. The molecule has 1 aliphatic rings. The first-order valence-electron chi connectivity index (χ1n) is 8.85. The van der Waals surface area contributed by atoms with Crippen molar-refractivity contribution in [1.29, 1.82) is 0 Å². The van der Waals surface area contributed by atoms with E-state index in [-0.39, 0.29) is 17.9 Å². The molecule has 2 heterocycles. The fourth-order valence-electron chi connectivity index (χ4n) is 3.17. The molecule has 1 aromatic heterocycles. The van der Waals surface area contributed by atoms with Crippen LogP contribution in [0.25, 0.3) is 0 Å². The maximum atomic E-state index is 13.0. The molecule has 132 valence electrons. The Morgan fingerprint density at radius 2 is 2.00 bits per heavy atom. The van der Waals surface area contributed by atoms with Gasteiger partial charge in [0.05, 0.1) is 24.0 Å². The Morgan fingerprint density at radius 3 is 2.72 bits per heavy atom. The summed E-state index contributed by atoms with van der Waals surface area (Å²) < 4.78 is 5.98. The van der Waals surface area contributed by atoms with Crippen molar-refractivity contribution in [3.8, 4) is 0 Å². The van der Waals surface area contributed by atoms with Gasteiger partial charge in [-0.05, 0) is 24.8 Å². The average Bonchev–Trinajstić information content (AvgIpc) is 2.88. The number of amides is 1. The van der Waals surface area contributed by atoms with Crippen LogP contribution in [0.15, 0.2) is 36.5 Å². The molecule has 5 heteroatoms. The quantitative estimate of drug-likeness (QED) is 0.859. The van der Waals surface area contributed by atoms with E-state index >= 15 is 0 Å². The largest absolute Gasteiger partial charge is 0.372 e. The van der Waals surface area contributed by atoms with E-state index in [0.29, 0.717) is 31.1 Å². The number of aryl methyl sites for hydroxylation is 1. The molecule has 25 heavy (non-hydrogen) atoms. The lowest BCUT2D eigenvalue weighted by Gasteiger charge is -2.21. The highest BCUT2D eigenvalue weighted by atomic mass is 16.5. The molecule has 1 atom stereocenters. The van der Waals surface area contributed by atoms with E-state index in [9.17, 15) is 4.79 Å². The molecule has 1 fully saturated rings. The van der Waals surface area contributed by atoms with Gasteiger partial charge in [-0.2, -0.15) is 0 Å². The first kappa shape index (κ1) is 17.5. The van der Waals surface area contributed by atoms with Gasteiger partial charge >= 0.3 is 0 Å². The van der Waals surface area contributed by atoms with Gasteiger partial charge in [-0.25, -0.2) is 9.97 Å². The molecule has 0 bridgehead atoms. The normalized spacial score (nSPS) is 18.2. The van der Waals surface area contributed by atoms with Gasteiger partial charge in [0.2, 0.25) is 0 Å². The summed E-state index contributed by atoms with van der Waals surface area (Å²) in [4.78, 5) is 23.6. The number of hydrogen-bond acceptors (Lipinski definition) is 4. The molecule has 1 unspecified atom stereocenters. The Kier molecular flexibility index (Phi) is 5.43. The highest BCUT2D eigenvalue weighted by molar-refractivity contribution is 5.95. The number of aromatic nitrogens is 2. The van der Waals surface area contributed by atoms with Gasteiger partial charge in [-0.15, -0.1) is 0 Å². The second-order valence-electron chi connectivity index (χ2n) is 6.72. The van der Waals surface area contributed by atoms with Crippen LogP contribution in [-0.4, -0.2) is 40.5 Å². The third kappa shape index (κ3) is 4.04. The zero-order valence-electron chi connectivity index (χ0n) is 15.1. The molecule has 0 N–H and O–H groups in total. The Bertz CT molecular complexity index is 731. The maximum Gasteiger partial charge on any atom is 0.257 e. The van der Waals surface area contributed by atoms with Crippen LogP contribution in [0.5, 0.6) is 0 Å². The molecule has 0 aliphatic carbocycles. The van der Waals surface area contributed by atoms with Crippen molar-refractivity contribution in [2.24, 2.45) is 0 Å². The van der Waals surface area contributed by atoms with Crippen molar-refractivity contribution >= 4 is 5.91 Å². The molecule has 2 aromatic rings. The summed E-state index contributed by atoms with van der Waals surface area (Å²) in [5.41, 5.74) is 2.60. The lowest BCUT2D eigenvalue weighted by molar-refractivity contribution is 0.0584. The molecule has 1 amide bonds. The number of ether oxygens (including phenoxy) is 1. The van der Waals surface area contributed by atoms with Gasteiger partial charge in [0.25, 0.3) is 5.91 Å². The summed E-state index contributed by atoms with van der Waals surface area (Å²) in [6, 6.07) is 10.2. The minimum Gasteiger partial charge on any atom is -0.372 e. The molecule has 3 rings (SSSR count). The van der Waals surface area contributed by atoms with Crippen molar-refractivity contribution in [3.63, 3.8) is 0 Å². The Hall–Kier alpha value is -2.27. The van der Waals surface area contributed by atoms with Crippen molar-refractivity contribution < 1.29 is 9.53 Å². The van der Waals surface area contributed by atoms with E-state index in [1.54, 1.807) is 6.20 Å². The highest BCUT2D eigenvalue weighted by Gasteiger charge is 2.25. The van der Waals surface area contributed by atoms with Gasteiger partial charge in [0, 0.05) is 19.3 Å². The molecule has 1 aliphatic heterocycles. The van der Waals surface area contributed by atoms with Crippen LogP contribution in [-0.2, 0) is 4.74 Å². The summed E-state index contributed by atoms with van der Waals surface area (Å²) in [6.45, 7) is 7.75. The van der Waals surface area contributed by atoms with Crippen LogP contribution in [0.4, 0.5) is 0 Å². The molecule has 0 saturated carbocycles. The first-order valence-corrected chi connectivity index (χ1v) is 8.85. The summed E-state index contributed by atoms with van der Waals surface area (Å²) in [5.74, 6) is 0.880. The zero-order chi connectivity index (χ0) is 17.8.